The lowest BCUT2D eigenvalue weighted by Crippen LogP contribution is -2.44. The summed E-state index contributed by atoms with van der Waals surface area (Å²) in [7, 11) is 0. The minimum absolute atomic E-state index is 0.0162. The average Bonchev–Trinajstić information content (AvgIpc) is 2.27. The van der Waals surface area contributed by atoms with Crippen LogP contribution in [0.2, 0.25) is 0 Å². The number of carbonyl (C=O) groups is 1. The Bertz CT molecular complexity index is 221. The summed E-state index contributed by atoms with van der Waals surface area (Å²) in [5.41, 5.74) is 0.379. The Labute approximate surface area is 73.0 Å². The van der Waals surface area contributed by atoms with Crippen LogP contribution in [0.5, 0.6) is 0 Å². The summed E-state index contributed by atoms with van der Waals surface area (Å²) in [5, 5.41) is 0. The van der Waals surface area contributed by atoms with Gasteiger partial charge in [0.15, 0.2) is 0 Å². The SMILES string of the molecule is C=C(C)C(=O)N1COCC1(C)C. The largest absolute Gasteiger partial charge is 0.359 e. The van der Waals surface area contributed by atoms with Crippen LogP contribution in [0.25, 0.3) is 0 Å². The van der Waals surface area contributed by atoms with Gasteiger partial charge in [0.05, 0.1) is 12.1 Å². The van der Waals surface area contributed by atoms with Gasteiger partial charge < -0.3 is 9.64 Å². The van der Waals surface area contributed by atoms with Crippen LogP contribution >= 0.6 is 0 Å². The van der Waals surface area contributed by atoms with Gasteiger partial charge in [0.1, 0.15) is 6.73 Å². The third kappa shape index (κ3) is 1.50. The first-order valence-electron chi connectivity index (χ1n) is 4.00. The zero-order valence-electron chi connectivity index (χ0n) is 7.89. The minimum atomic E-state index is -0.184. The first kappa shape index (κ1) is 9.26. The van der Waals surface area contributed by atoms with E-state index in [1.807, 2.05) is 13.8 Å². The van der Waals surface area contributed by atoms with Gasteiger partial charge in [-0.3, -0.25) is 4.79 Å². The molecule has 0 radical (unpaired) electrons. The second kappa shape index (κ2) is 2.90. The van der Waals surface area contributed by atoms with Crippen molar-refractivity contribution >= 4 is 5.91 Å². The van der Waals surface area contributed by atoms with E-state index in [1.165, 1.54) is 0 Å². The van der Waals surface area contributed by atoms with Crippen molar-refractivity contribution in [2.24, 2.45) is 0 Å². The lowest BCUT2D eigenvalue weighted by atomic mass is 10.1. The average molecular weight is 169 g/mol. The summed E-state index contributed by atoms with van der Waals surface area (Å²) >= 11 is 0. The van der Waals surface area contributed by atoms with Gasteiger partial charge in [-0.15, -0.1) is 0 Å². The van der Waals surface area contributed by atoms with Gasteiger partial charge >= 0.3 is 0 Å². The van der Waals surface area contributed by atoms with Crippen LogP contribution in [0.4, 0.5) is 0 Å². The molecule has 3 heteroatoms. The molecule has 0 bridgehead atoms. The van der Waals surface area contributed by atoms with Crippen molar-refractivity contribution in [2.75, 3.05) is 13.3 Å². The van der Waals surface area contributed by atoms with E-state index >= 15 is 0 Å². The first-order valence-corrected chi connectivity index (χ1v) is 4.00. The molecular weight excluding hydrogens is 154 g/mol. The Balaban J connectivity index is 2.76. The molecule has 1 amide bonds. The van der Waals surface area contributed by atoms with Crippen LogP contribution in [0.1, 0.15) is 20.8 Å². The Morgan fingerprint density at radius 1 is 1.58 bits per heavy atom. The van der Waals surface area contributed by atoms with Crippen molar-refractivity contribution in [1.29, 1.82) is 0 Å². The quantitative estimate of drug-likeness (QED) is 0.551. The maximum atomic E-state index is 11.5. The molecule has 0 unspecified atom stereocenters. The van der Waals surface area contributed by atoms with E-state index in [0.717, 1.165) is 0 Å². The highest BCUT2D eigenvalue weighted by molar-refractivity contribution is 5.92. The van der Waals surface area contributed by atoms with Crippen LogP contribution in [0.15, 0.2) is 12.2 Å². The summed E-state index contributed by atoms with van der Waals surface area (Å²) in [5.74, 6) is -0.0162. The van der Waals surface area contributed by atoms with E-state index in [2.05, 4.69) is 6.58 Å². The van der Waals surface area contributed by atoms with Gasteiger partial charge in [0, 0.05) is 5.57 Å². The maximum absolute atomic E-state index is 11.5. The van der Waals surface area contributed by atoms with Crippen molar-refractivity contribution in [3.8, 4) is 0 Å². The smallest absolute Gasteiger partial charge is 0.251 e. The predicted octanol–water partition coefficient (Wildman–Crippen LogP) is 1.16. The van der Waals surface area contributed by atoms with Crippen LogP contribution in [0, 0.1) is 0 Å². The lowest BCUT2D eigenvalue weighted by Gasteiger charge is -2.29. The highest BCUT2D eigenvalue weighted by Crippen LogP contribution is 2.22. The highest BCUT2D eigenvalue weighted by Gasteiger charge is 2.36. The summed E-state index contributed by atoms with van der Waals surface area (Å²) in [4.78, 5) is 13.2. The number of ether oxygens (including phenoxy) is 1. The van der Waals surface area contributed by atoms with E-state index in [-0.39, 0.29) is 11.4 Å². The van der Waals surface area contributed by atoms with Crippen molar-refractivity contribution in [2.45, 2.75) is 26.3 Å². The fourth-order valence-corrected chi connectivity index (χ4v) is 1.20. The molecule has 12 heavy (non-hydrogen) atoms. The topological polar surface area (TPSA) is 29.5 Å². The molecule has 3 nitrogen and oxygen atoms in total. The Kier molecular flexibility index (Phi) is 2.24. The molecule has 1 fully saturated rings. The van der Waals surface area contributed by atoms with E-state index in [4.69, 9.17) is 4.74 Å². The van der Waals surface area contributed by atoms with Gasteiger partial charge in [-0.05, 0) is 20.8 Å². The normalized spacial score (nSPS) is 21.1. The van der Waals surface area contributed by atoms with Gasteiger partial charge in [-0.1, -0.05) is 6.58 Å². The van der Waals surface area contributed by atoms with Gasteiger partial charge in [-0.25, -0.2) is 0 Å². The number of rotatable bonds is 1. The Morgan fingerprint density at radius 3 is 2.50 bits per heavy atom. The summed E-state index contributed by atoms with van der Waals surface area (Å²) < 4.78 is 5.21. The van der Waals surface area contributed by atoms with Crippen LogP contribution in [-0.4, -0.2) is 29.7 Å². The summed E-state index contributed by atoms with van der Waals surface area (Å²) in [6, 6.07) is 0. The minimum Gasteiger partial charge on any atom is -0.359 e. The Hall–Kier alpha value is -0.830. The molecule has 1 aliphatic rings. The molecule has 0 atom stereocenters. The second-order valence-electron chi connectivity index (χ2n) is 3.80. The third-order valence-corrected chi connectivity index (χ3v) is 2.02. The summed E-state index contributed by atoms with van der Waals surface area (Å²) in [6.07, 6.45) is 0. The first-order chi connectivity index (χ1) is 5.45. The van der Waals surface area contributed by atoms with Crippen LogP contribution in [-0.2, 0) is 9.53 Å². The molecule has 1 heterocycles. The number of amides is 1. The molecule has 0 aromatic carbocycles. The molecule has 0 aliphatic carbocycles. The molecule has 0 spiro atoms. The van der Waals surface area contributed by atoms with Crippen molar-refractivity contribution in [3.05, 3.63) is 12.2 Å². The fourth-order valence-electron chi connectivity index (χ4n) is 1.20. The molecule has 0 aromatic heterocycles. The van der Waals surface area contributed by atoms with Crippen LogP contribution in [0.3, 0.4) is 0 Å². The summed E-state index contributed by atoms with van der Waals surface area (Å²) in [6.45, 7) is 10.3. The van der Waals surface area contributed by atoms with Crippen molar-refractivity contribution in [1.82, 2.24) is 4.90 Å². The van der Waals surface area contributed by atoms with Gasteiger partial charge in [-0.2, -0.15) is 0 Å². The standard InChI is InChI=1S/C9H15NO2/c1-7(2)8(11)10-6-12-5-9(10,3)4/h1,5-6H2,2-4H3. The number of nitrogens with zero attached hydrogens (tertiary/aromatic N) is 1. The molecule has 0 aromatic rings. The van der Waals surface area contributed by atoms with E-state index in [1.54, 1.807) is 11.8 Å². The number of carbonyl (C=O) groups excluding carboxylic acids is 1. The van der Waals surface area contributed by atoms with Crippen molar-refractivity contribution < 1.29 is 9.53 Å². The monoisotopic (exact) mass is 169 g/mol. The maximum Gasteiger partial charge on any atom is 0.251 e. The van der Waals surface area contributed by atoms with E-state index in [9.17, 15) is 4.79 Å². The van der Waals surface area contributed by atoms with E-state index in [0.29, 0.717) is 18.9 Å². The molecule has 0 N–H and O–H groups in total. The number of hydrogen-bond donors (Lipinski definition) is 0. The Morgan fingerprint density at radius 2 is 2.17 bits per heavy atom. The van der Waals surface area contributed by atoms with Crippen LogP contribution < -0.4 is 0 Å². The zero-order chi connectivity index (χ0) is 9.35. The third-order valence-electron chi connectivity index (χ3n) is 2.02. The zero-order valence-corrected chi connectivity index (χ0v) is 7.89. The van der Waals surface area contributed by atoms with Crippen molar-refractivity contribution in [3.63, 3.8) is 0 Å². The molecule has 68 valence electrons. The fraction of sp³-hybridized carbons (Fsp3) is 0.667. The lowest BCUT2D eigenvalue weighted by molar-refractivity contribution is -0.130. The highest BCUT2D eigenvalue weighted by atomic mass is 16.5. The molecule has 0 saturated carbocycles. The van der Waals surface area contributed by atoms with E-state index < -0.39 is 0 Å². The van der Waals surface area contributed by atoms with Gasteiger partial charge in [0.2, 0.25) is 0 Å². The molecule has 1 saturated heterocycles. The van der Waals surface area contributed by atoms with Gasteiger partial charge in [0.25, 0.3) is 5.91 Å². The number of hydrogen-bond acceptors (Lipinski definition) is 2. The second-order valence-corrected chi connectivity index (χ2v) is 3.80. The molecule has 1 aliphatic heterocycles. The predicted molar refractivity (Wildman–Crippen MR) is 46.6 cm³/mol. The molecular formula is C9H15NO2. The molecule has 1 rings (SSSR count).